The van der Waals surface area contributed by atoms with Gasteiger partial charge in [-0.25, -0.2) is 0 Å². The van der Waals surface area contributed by atoms with Crippen LogP contribution in [0.15, 0.2) is 36.4 Å². The molecule has 33 heavy (non-hydrogen) atoms. The van der Waals surface area contributed by atoms with E-state index in [1.807, 2.05) is 6.92 Å². The fourth-order valence-electron chi connectivity index (χ4n) is 6.09. The van der Waals surface area contributed by atoms with Gasteiger partial charge in [0.25, 0.3) is 0 Å². The number of benzene rings is 1. The lowest BCUT2D eigenvalue weighted by atomic mass is 9.85. The molecule has 3 fully saturated rings. The molecule has 2 bridgehead atoms. The average molecular weight is 451 g/mol. The highest BCUT2D eigenvalue weighted by atomic mass is 16.2. The third-order valence-corrected chi connectivity index (χ3v) is 7.89. The molecule has 0 spiro atoms. The summed E-state index contributed by atoms with van der Waals surface area (Å²) in [7, 11) is 0. The maximum absolute atomic E-state index is 12.8. The highest BCUT2D eigenvalue weighted by Crippen LogP contribution is 2.52. The van der Waals surface area contributed by atoms with E-state index in [2.05, 4.69) is 58.5 Å². The minimum absolute atomic E-state index is 0.00236. The molecule has 2 saturated heterocycles. The highest BCUT2D eigenvalue weighted by Gasteiger charge is 2.59. The highest BCUT2D eigenvalue weighted by molar-refractivity contribution is 6.08. The lowest BCUT2D eigenvalue weighted by Crippen LogP contribution is -2.48. The fraction of sp³-hybridized carbons (Fsp3) is 0.577. The molecule has 7 heteroatoms. The van der Waals surface area contributed by atoms with Crippen LogP contribution < -0.4 is 10.2 Å². The molecule has 5 rings (SSSR count). The molecule has 2 heterocycles. The molecule has 0 radical (unpaired) electrons. The number of allylic oxidation sites excluding steroid dienone is 2. The summed E-state index contributed by atoms with van der Waals surface area (Å²) in [4.78, 5) is 44.2. The van der Waals surface area contributed by atoms with Crippen LogP contribution in [0.3, 0.4) is 0 Å². The van der Waals surface area contributed by atoms with Crippen LogP contribution in [0, 0.1) is 30.6 Å². The van der Waals surface area contributed by atoms with Gasteiger partial charge in [0.05, 0.1) is 11.8 Å². The normalized spacial score (nSPS) is 29.6. The fourth-order valence-corrected chi connectivity index (χ4v) is 6.09. The quantitative estimate of drug-likeness (QED) is 0.507. The molecule has 176 valence electrons. The molecule has 0 aromatic heterocycles. The number of hydrogen-bond acceptors (Lipinski definition) is 5. The zero-order valence-corrected chi connectivity index (χ0v) is 19.6. The summed E-state index contributed by atoms with van der Waals surface area (Å²) < 4.78 is 0. The van der Waals surface area contributed by atoms with Crippen LogP contribution in [0.25, 0.3) is 0 Å². The molecule has 5 atom stereocenters. The van der Waals surface area contributed by atoms with E-state index in [0.29, 0.717) is 0 Å². The van der Waals surface area contributed by atoms with Crippen molar-refractivity contribution in [2.45, 2.75) is 32.7 Å². The Morgan fingerprint density at radius 3 is 2.36 bits per heavy atom. The van der Waals surface area contributed by atoms with E-state index < -0.39 is 0 Å². The summed E-state index contributed by atoms with van der Waals surface area (Å²) in [5, 5.41) is 2.99. The van der Waals surface area contributed by atoms with Gasteiger partial charge in [-0.1, -0.05) is 24.3 Å². The molecule has 1 saturated carbocycles. The van der Waals surface area contributed by atoms with E-state index in [-0.39, 0.29) is 54.0 Å². The van der Waals surface area contributed by atoms with Crippen molar-refractivity contribution in [1.29, 1.82) is 0 Å². The van der Waals surface area contributed by atoms with Crippen molar-refractivity contribution in [2.75, 3.05) is 44.2 Å². The number of fused-ring (bicyclic) bond motifs is 5. The molecule has 1 aromatic rings. The number of aryl methyl sites for hydroxylation is 1. The van der Waals surface area contributed by atoms with Gasteiger partial charge in [-0.05, 0) is 56.2 Å². The molecule has 5 unspecified atom stereocenters. The predicted octanol–water partition coefficient (Wildman–Crippen LogP) is 1.82. The van der Waals surface area contributed by atoms with Crippen molar-refractivity contribution >= 4 is 23.4 Å². The van der Waals surface area contributed by atoms with E-state index in [9.17, 15) is 14.4 Å². The number of amides is 3. The van der Waals surface area contributed by atoms with Crippen molar-refractivity contribution in [2.24, 2.45) is 23.7 Å². The van der Waals surface area contributed by atoms with Crippen LogP contribution in [0.4, 0.5) is 5.69 Å². The molecule has 2 aliphatic heterocycles. The number of rotatable bonds is 7. The van der Waals surface area contributed by atoms with Gasteiger partial charge in [0, 0.05) is 44.5 Å². The van der Waals surface area contributed by atoms with Gasteiger partial charge in [0.2, 0.25) is 17.7 Å². The lowest BCUT2D eigenvalue weighted by molar-refractivity contribution is -0.144. The largest absolute Gasteiger partial charge is 0.369 e. The zero-order valence-electron chi connectivity index (χ0n) is 19.6. The number of hydrogen-bond donors (Lipinski definition) is 1. The van der Waals surface area contributed by atoms with E-state index in [4.69, 9.17) is 0 Å². The monoisotopic (exact) mass is 450 g/mol. The molecule has 7 nitrogen and oxygen atoms in total. The van der Waals surface area contributed by atoms with Crippen molar-refractivity contribution in [1.82, 2.24) is 15.1 Å². The Balaban J connectivity index is 1.04. The van der Waals surface area contributed by atoms with E-state index in [1.54, 1.807) is 0 Å². The predicted molar refractivity (Wildman–Crippen MR) is 126 cm³/mol. The number of likely N-dealkylation sites (tertiary alicyclic amines) is 1. The molecule has 3 amide bonds. The van der Waals surface area contributed by atoms with Gasteiger partial charge < -0.3 is 10.2 Å². The maximum Gasteiger partial charge on any atom is 0.240 e. The Morgan fingerprint density at radius 1 is 1.06 bits per heavy atom. The zero-order chi connectivity index (χ0) is 23.1. The summed E-state index contributed by atoms with van der Waals surface area (Å²) in [6, 6.07) is 8.63. The number of nitrogens with one attached hydrogen (secondary N) is 1. The minimum atomic E-state index is -0.242. The molecule has 2 aliphatic carbocycles. The van der Waals surface area contributed by atoms with Crippen LogP contribution in [0.5, 0.6) is 0 Å². The molecule has 1 N–H and O–H groups in total. The third kappa shape index (κ3) is 4.31. The topological polar surface area (TPSA) is 73.0 Å². The summed E-state index contributed by atoms with van der Waals surface area (Å²) in [6.07, 6.45) is 5.90. The first-order valence-electron chi connectivity index (χ1n) is 12.3. The van der Waals surface area contributed by atoms with Gasteiger partial charge in [-0.3, -0.25) is 24.2 Å². The van der Waals surface area contributed by atoms with Crippen LogP contribution in [-0.2, 0) is 14.4 Å². The Labute approximate surface area is 195 Å². The lowest BCUT2D eigenvalue weighted by Gasteiger charge is -2.36. The first-order valence-corrected chi connectivity index (χ1v) is 12.3. The smallest absolute Gasteiger partial charge is 0.240 e. The summed E-state index contributed by atoms with van der Waals surface area (Å²) in [5.41, 5.74) is 2.57. The second kappa shape index (κ2) is 8.93. The number of carbonyl (C=O) groups is 3. The van der Waals surface area contributed by atoms with Crippen molar-refractivity contribution in [3.8, 4) is 0 Å². The summed E-state index contributed by atoms with van der Waals surface area (Å²) >= 11 is 0. The Kier molecular flexibility index (Phi) is 5.99. The van der Waals surface area contributed by atoms with Crippen molar-refractivity contribution in [3.63, 3.8) is 0 Å². The summed E-state index contributed by atoms with van der Waals surface area (Å²) in [5.74, 6) is -0.682. The van der Waals surface area contributed by atoms with Gasteiger partial charge in [-0.2, -0.15) is 0 Å². The molecular formula is C26H34N4O3. The standard InChI is InChI=1S/C26H34N4O3/c1-17-4-3-5-21(14-17)29-12-10-28(11-13-29)9-8-18(2)27-22(31)16-30-25(32)23-19-6-7-20(15-19)24(23)26(30)33/h3-7,14,18-20,23-24H,8-13,15-16H2,1-2H3,(H,27,31). The molecule has 1 aromatic carbocycles. The van der Waals surface area contributed by atoms with E-state index in [1.165, 1.54) is 16.2 Å². The second-order valence-corrected chi connectivity index (χ2v) is 10.2. The van der Waals surface area contributed by atoms with Crippen molar-refractivity contribution < 1.29 is 14.4 Å². The first kappa shape index (κ1) is 22.1. The third-order valence-electron chi connectivity index (χ3n) is 7.89. The van der Waals surface area contributed by atoms with Gasteiger partial charge in [-0.15, -0.1) is 0 Å². The molecule has 4 aliphatic rings. The Morgan fingerprint density at radius 2 is 1.73 bits per heavy atom. The first-order chi connectivity index (χ1) is 15.9. The number of piperazine rings is 1. The van der Waals surface area contributed by atoms with Crippen LogP contribution in [0.1, 0.15) is 25.3 Å². The second-order valence-electron chi connectivity index (χ2n) is 10.2. The van der Waals surface area contributed by atoms with E-state index >= 15 is 0 Å². The van der Waals surface area contributed by atoms with E-state index in [0.717, 1.165) is 45.6 Å². The average Bonchev–Trinajstić information content (AvgIpc) is 3.48. The summed E-state index contributed by atoms with van der Waals surface area (Å²) in [6.45, 7) is 8.90. The maximum atomic E-state index is 12.8. The van der Waals surface area contributed by atoms with Gasteiger partial charge >= 0.3 is 0 Å². The Bertz CT molecular complexity index is 938. The number of anilines is 1. The van der Waals surface area contributed by atoms with Crippen LogP contribution in [-0.4, -0.2) is 72.8 Å². The van der Waals surface area contributed by atoms with Crippen LogP contribution in [0.2, 0.25) is 0 Å². The number of carbonyl (C=O) groups excluding carboxylic acids is 3. The number of imide groups is 1. The van der Waals surface area contributed by atoms with Gasteiger partial charge in [0.15, 0.2) is 0 Å². The number of nitrogens with zero attached hydrogens (tertiary/aromatic N) is 3. The Hall–Kier alpha value is -2.67. The minimum Gasteiger partial charge on any atom is -0.369 e. The van der Waals surface area contributed by atoms with Gasteiger partial charge in [0.1, 0.15) is 6.54 Å². The molecular weight excluding hydrogens is 416 g/mol. The van der Waals surface area contributed by atoms with Crippen LogP contribution >= 0.6 is 0 Å². The van der Waals surface area contributed by atoms with Crippen molar-refractivity contribution in [3.05, 3.63) is 42.0 Å². The SMILES string of the molecule is Cc1cccc(N2CCN(CCC(C)NC(=O)CN3C(=O)C4C5C=CC(C5)C4C3=O)CC2)c1.